The van der Waals surface area contributed by atoms with Gasteiger partial charge in [0, 0.05) is 25.6 Å². The molecule has 1 aliphatic rings. The normalized spacial score (nSPS) is 21.8. The molecule has 2 rings (SSSR count). The van der Waals surface area contributed by atoms with Crippen LogP contribution in [-0.2, 0) is 15.0 Å². The van der Waals surface area contributed by atoms with Gasteiger partial charge in [-0.25, -0.2) is 0 Å². The van der Waals surface area contributed by atoms with Crippen LogP contribution < -0.4 is 5.73 Å². The van der Waals surface area contributed by atoms with E-state index in [1.165, 1.54) is 0 Å². The van der Waals surface area contributed by atoms with Crippen LogP contribution in [-0.4, -0.2) is 36.4 Å². The van der Waals surface area contributed by atoms with E-state index in [1.807, 2.05) is 0 Å². The number of hydrogen-bond donors (Lipinski definition) is 1. The van der Waals surface area contributed by atoms with Crippen molar-refractivity contribution in [3.05, 3.63) is 24.3 Å². The summed E-state index contributed by atoms with van der Waals surface area (Å²) in [5.41, 5.74) is 6.68. The molecule has 88 valence electrons. The highest BCUT2D eigenvalue weighted by atomic mass is 16.5. The molecule has 0 aliphatic carbocycles. The summed E-state index contributed by atoms with van der Waals surface area (Å²) < 4.78 is 10.8. The minimum absolute atomic E-state index is 0.487. The second-order valence-electron chi connectivity index (χ2n) is 3.97. The highest BCUT2D eigenvalue weighted by Crippen LogP contribution is 2.24. The maximum absolute atomic E-state index is 6.36. The SMILES string of the molecule is NC1(c2cnccn2)CCOCCOCC1. The summed E-state index contributed by atoms with van der Waals surface area (Å²) >= 11 is 0. The molecule has 0 unspecified atom stereocenters. The maximum atomic E-state index is 6.36. The molecule has 0 aromatic carbocycles. The minimum Gasteiger partial charge on any atom is -0.379 e. The van der Waals surface area contributed by atoms with Gasteiger partial charge in [0.15, 0.2) is 0 Å². The highest BCUT2D eigenvalue weighted by molar-refractivity contribution is 5.10. The Morgan fingerprint density at radius 3 is 2.31 bits per heavy atom. The molecule has 5 nitrogen and oxygen atoms in total. The molecule has 1 aliphatic heterocycles. The zero-order valence-corrected chi connectivity index (χ0v) is 9.26. The Kier molecular flexibility index (Phi) is 3.82. The van der Waals surface area contributed by atoms with Gasteiger partial charge in [-0.2, -0.15) is 0 Å². The van der Waals surface area contributed by atoms with E-state index < -0.39 is 5.54 Å². The van der Waals surface area contributed by atoms with Gasteiger partial charge in [0.25, 0.3) is 0 Å². The van der Waals surface area contributed by atoms with Crippen LogP contribution in [0, 0.1) is 0 Å². The van der Waals surface area contributed by atoms with E-state index in [-0.39, 0.29) is 0 Å². The first-order chi connectivity index (χ1) is 7.81. The Morgan fingerprint density at radius 2 is 1.75 bits per heavy atom. The first kappa shape index (κ1) is 11.4. The van der Waals surface area contributed by atoms with Crippen molar-refractivity contribution in [1.82, 2.24) is 9.97 Å². The summed E-state index contributed by atoms with van der Waals surface area (Å²) in [5, 5.41) is 0. The lowest BCUT2D eigenvalue weighted by Gasteiger charge is -2.27. The topological polar surface area (TPSA) is 70.3 Å². The van der Waals surface area contributed by atoms with E-state index >= 15 is 0 Å². The van der Waals surface area contributed by atoms with Gasteiger partial charge in [-0.3, -0.25) is 9.97 Å². The van der Waals surface area contributed by atoms with Gasteiger partial charge in [0.1, 0.15) is 0 Å². The highest BCUT2D eigenvalue weighted by Gasteiger charge is 2.29. The largest absolute Gasteiger partial charge is 0.379 e. The molecule has 1 aromatic heterocycles. The summed E-state index contributed by atoms with van der Waals surface area (Å²) in [5.74, 6) is 0. The molecule has 1 saturated heterocycles. The summed E-state index contributed by atoms with van der Waals surface area (Å²) in [7, 11) is 0. The molecule has 16 heavy (non-hydrogen) atoms. The quantitative estimate of drug-likeness (QED) is 0.749. The Hall–Kier alpha value is -1.04. The third-order valence-corrected chi connectivity index (χ3v) is 2.83. The van der Waals surface area contributed by atoms with E-state index in [4.69, 9.17) is 15.2 Å². The van der Waals surface area contributed by atoms with Crippen molar-refractivity contribution in [3.8, 4) is 0 Å². The number of nitrogens with two attached hydrogens (primary N) is 1. The lowest BCUT2D eigenvalue weighted by molar-refractivity contribution is 0.0584. The molecule has 2 heterocycles. The Morgan fingerprint density at radius 1 is 1.06 bits per heavy atom. The van der Waals surface area contributed by atoms with Crippen LogP contribution in [0.5, 0.6) is 0 Å². The third kappa shape index (κ3) is 2.75. The van der Waals surface area contributed by atoms with Gasteiger partial charge in [-0.15, -0.1) is 0 Å². The van der Waals surface area contributed by atoms with Crippen molar-refractivity contribution >= 4 is 0 Å². The van der Waals surface area contributed by atoms with E-state index in [9.17, 15) is 0 Å². The van der Waals surface area contributed by atoms with E-state index in [1.54, 1.807) is 18.6 Å². The maximum Gasteiger partial charge on any atom is 0.0787 e. The number of ether oxygens (including phenoxy) is 2. The van der Waals surface area contributed by atoms with Crippen LogP contribution >= 0.6 is 0 Å². The number of hydrogen-bond acceptors (Lipinski definition) is 5. The van der Waals surface area contributed by atoms with Gasteiger partial charge in [-0.05, 0) is 12.8 Å². The molecule has 0 bridgehead atoms. The monoisotopic (exact) mass is 223 g/mol. The van der Waals surface area contributed by atoms with Crippen LogP contribution in [0.4, 0.5) is 0 Å². The second kappa shape index (κ2) is 5.34. The first-order valence-electron chi connectivity index (χ1n) is 5.52. The van der Waals surface area contributed by atoms with Crippen molar-refractivity contribution in [2.45, 2.75) is 18.4 Å². The van der Waals surface area contributed by atoms with Crippen LogP contribution in [0.3, 0.4) is 0 Å². The van der Waals surface area contributed by atoms with Crippen molar-refractivity contribution in [2.24, 2.45) is 5.73 Å². The zero-order valence-electron chi connectivity index (χ0n) is 9.26. The van der Waals surface area contributed by atoms with Crippen LogP contribution in [0.1, 0.15) is 18.5 Å². The van der Waals surface area contributed by atoms with Gasteiger partial charge in [0.2, 0.25) is 0 Å². The van der Waals surface area contributed by atoms with Crippen LogP contribution in [0.25, 0.3) is 0 Å². The molecule has 0 radical (unpaired) electrons. The van der Waals surface area contributed by atoms with Gasteiger partial charge < -0.3 is 15.2 Å². The summed E-state index contributed by atoms with van der Waals surface area (Å²) in [6.45, 7) is 2.54. The molecular formula is C11H17N3O2. The predicted octanol–water partition coefficient (Wildman–Crippen LogP) is 0.458. The average Bonchev–Trinajstić information content (AvgIpc) is 2.43. The van der Waals surface area contributed by atoms with Crippen molar-refractivity contribution in [3.63, 3.8) is 0 Å². The van der Waals surface area contributed by atoms with Crippen molar-refractivity contribution in [1.29, 1.82) is 0 Å². The fourth-order valence-electron chi connectivity index (χ4n) is 1.77. The lowest BCUT2D eigenvalue weighted by atomic mass is 9.89. The van der Waals surface area contributed by atoms with Gasteiger partial charge in [-0.1, -0.05) is 0 Å². The van der Waals surface area contributed by atoms with E-state index in [0.29, 0.717) is 26.4 Å². The summed E-state index contributed by atoms with van der Waals surface area (Å²) in [6, 6.07) is 0. The average molecular weight is 223 g/mol. The molecule has 2 N–H and O–H groups in total. The van der Waals surface area contributed by atoms with Crippen molar-refractivity contribution in [2.75, 3.05) is 26.4 Å². The smallest absolute Gasteiger partial charge is 0.0787 e. The second-order valence-corrected chi connectivity index (χ2v) is 3.97. The Labute approximate surface area is 95.0 Å². The zero-order chi connectivity index (χ0) is 11.3. The van der Waals surface area contributed by atoms with Gasteiger partial charge in [0.05, 0.1) is 30.6 Å². The van der Waals surface area contributed by atoms with Crippen LogP contribution in [0.15, 0.2) is 18.6 Å². The van der Waals surface area contributed by atoms with E-state index in [0.717, 1.165) is 18.5 Å². The lowest BCUT2D eigenvalue weighted by Crippen LogP contribution is -2.39. The molecule has 0 saturated carbocycles. The van der Waals surface area contributed by atoms with Crippen LogP contribution in [0.2, 0.25) is 0 Å². The standard InChI is InChI=1S/C11H17N3O2/c12-11(10-9-13-3-4-14-10)1-5-15-7-8-16-6-2-11/h3-4,9H,1-2,5-8,12H2. The van der Waals surface area contributed by atoms with Gasteiger partial charge >= 0.3 is 0 Å². The molecule has 0 amide bonds. The number of rotatable bonds is 1. The number of aromatic nitrogens is 2. The fourth-order valence-corrected chi connectivity index (χ4v) is 1.77. The summed E-state index contributed by atoms with van der Waals surface area (Å²) in [6.07, 6.45) is 6.52. The summed E-state index contributed by atoms with van der Waals surface area (Å²) in [4.78, 5) is 8.34. The minimum atomic E-state index is -0.487. The third-order valence-electron chi connectivity index (χ3n) is 2.83. The number of nitrogens with zero attached hydrogens (tertiary/aromatic N) is 2. The molecule has 0 atom stereocenters. The first-order valence-corrected chi connectivity index (χ1v) is 5.52. The predicted molar refractivity (Wildman–Crippen MR) is 58.8 cm³/mol. The molecule has 1 fully saturated rings. The molecule has 1 aromatic rings. The van der Waals surface area contributed by atoms with Crippen molar-refractivity contribution < 1.29 is 9.47 Å². The molecule has 0 spiro atoms. The fraction of sp³-hybridized carbons (Fsp3) is 0.636. The Bertz CT molecular complexity index is 308. The Balaban J connectivity index is 2.13. The molecule has 5 heteroatoms. The molecular weight excluding hydrogens is 206 g/mol. The van der Waals surface area contributed by atoms with E-state index in [2.05, 4.69) is 9.97 Å².